The van der Waals surface area contributed by atoms with Crippen molar-refractivity contribution in [3.63, 3.8) is 0 Å². The number of piperidine rings is 1. The van der Waals surface area contributed by atoms with Gasteiger partial charge in [0.15, 0.2) is 0 Å². The Labute approximate surface area is 132 Å². The molecule has 1 aliphatic heterocycles. The number of rotatable bonds is 4. The number of nitrogens with one attached hydrogen (secondary N) is 1. The van der Waals surface area contributed by atoms with Gasteiger partial charge in [-0.2, -0.15) is 0 Å². The molecule has 1 unspecified atom stereocenters. The van der Waals surface area contributed by atoms with E-state index in [1.54, 1.807) is 11.3 Å². The van der Waals surface area contributed by atoms with Crippen molar-refractivity contribution in [3.05, 3.63) is 20.3 Å². The molecule has 1 saturated heterocycles. The van der Waals surface area contributed by atoms with Gasteiger partial charge in [0.1, 0.15) is 0 Å². The van der Waals surface area contributed by atoms with Crippen molar-refractivity contribution in [2.24, 2.45) is 0 Å². The minimum atomic E-state index is 0.221. The largest absolute Gasteiger partial charge is 0.333 e. The molecule has 2 aliphatic rings. The van der Waals surface area contributed by atoms with Crippen molar-refractivity contribution < 1.29 is 4.79 Å². The van der Waals surface area contributed by atoms with Gasteiger partial charge in [0.05, 0.1) is 8.66 Å². The van der Waals surface area contributed by atoms with Crippen molar-refractivity contribution in [2.45, 2.75) is 51.1 Å². The van der Waals surface area contributed by atoms with Crippen molar-refractivity contribution in [2.75, 3.05) is 13.1 Å². The molecule has 110 valence electrons. The zero-order valence-electron chi connectivity index (χ0n) is 11.8. The molecule has 1 atom stereocenters. The molecule has 0 radical (unpaired) electrons. The third kappa shape index (κ3) is 3.26. The Hall–Kier alpha value is -0.390. The first-order valence-electron chi connectivity index (χ1n) is 7.45. The van der Waals surface area contributed by atoms with Gasteiger partial charge in [-0.15, -0.1) is 11.3 Å². The summed E-state index contributed by atoms with van der Waals surface area (Å²) in [6, 6.07) is 2.98. The van der Waals surface area contributed by atoms with Crippen LogP contribution in [0.3, 0.4) is 0 Å². The first-order chi connectivity index (χ1) is 9.65. The average molecular weight is 357 g/mol. The second-order valence-electron chi connectivity index (χ2n) is 5.90. The number of carbonyl (C=O) groups excluding carboxylic acids is 1. The highest BCUT2D eigenvalue weighted by atomic mass is 79.9. The van der Waals surface area contributed by atoms with E-state index in [9.17, 15) is 4.79 Å². The van der Waals surface area contributed by atoms with Gasteiger partial charge in [0.25, 0.3) is 5.91 Å². The second kappa shape index (κ2) is 6.16. The molecule has 1 aromatic rings. The predicted octanol–water partition coefficient (Wildman–Crippen LogP) is 3.57. The first kappa shape index (κ1) is 14.5. The molecule has 20 heavy (non-hydrogen) atoms. The summed E-state index contributed by atoms with van der Waals surface area (Å²) in [6.45, 7) is 4.01. The van der Waals surface area contributed by atoms with Gasteiger partial charge in [-0.05, 0) is 66.7 Å². The summed E-state index contributed by atoms with van der Waals surface area (Å²) in [5.74, 6) is 0.221. The fraction of sp³-hybridized carbons (Fsp3) is 0.667. The van der Waals surface area contributed by atoms with Crippen LogP contribution in [-0.2, 0) is 0 Å². The summed E-state index contributed by atoms with van der Waals surface area (Å²) >= 11 is 5.08. The molecule has 3 nitrogen and oxygen atoms in total. The van der Waals surface area contributed by atoms with Gasteiger partial charge in [-0.25, -0.2) is 0 Å². The highest BCUT2D eigenvalue weighted by molar-refractivity contribution is 9.11. The number of carbonyl (C=O) groups is 1. The quantitative estimate of drug-likeness (QED) is 0.894. The monoisotopic (exact) mass is 356 g/mol. The number of halogens is 1. The number of thiophene rings is 1. The summed E-state index contributed by atoms with van der Waals surface area (Å²) in [5.41, 5.74) is 1.16. The molecule has 1 aromatic heterocycles. The van der Waals surface area contributed by atoms with E-state index < -0.39 is 0 Å². The zero-order valence-corrected chi connectivity index (χ0v) is 14.2. The van der Waals surface area contributed by atoms with E-state index in [-0.39, 0.29) is 5.91 Å². The lowest BCUT2D eigenvalue weighted by Crippen LogP contribution is -2.46. The average Bonchev–Trinajstić information content (AvgIpc) is 3.23. The maximum absolute atomic E-state index is 12.8. The number of hydrogen-bond donors (Lipinski definition) is 1. The van der Waals surface area contributed by atoms with Crippen LogP contribution >= 0.6 is 27.3 Å². The van der Waals surface area contributed by atoms with E-state index in [4.69, 9.17) is 0 Å². The fourth-order valence-corrected chi connectivity index (χ4v) is 4.30. The molecule has 1 amide bonds. The van der Waals surface area contributed by atoms with Crippen molar-refractivity contribution in [3.8, 4) is 0 Å². The van der Waals surface area contributed by atoms with Gasteiger partial charge in [0.2, 0.25) is 0 Å². The topological polar surface area (TPSA) is 32.3 Å². The maximum Gasteiger partial charge on any atom is 0.264 e. The molecule has 2 fully saturated rings. The molecule has 0 aromatic carbocycles. The fourth-order valence-electron chi connectivity index (χ4n) is 2.81. The number of aryl methyl sites for hydroxylation is 1. The van der Waals surface area contributed by atoms with Crippen molar-refractivity contribution in [1.29, 1.82) is 0 Å². The SMILES string of the molecule is Cc1cc(C(=O)N(CC2CCCCN2)C2CC2)sc1Br. The standard InChI is InChI=1S/C15H21BrN2OS/c1-10-8-13(20-14(10)16)15(19)18(12-5-6-12)9-11-4-2-3-7-17-11/h8,11-12,17H,2-7,9H2,1H3. The Morgan fingerprint density at radius 2 is 2.25 bits per heavy atom. The van der Waals surface area contributed by atoms with Gasteiger partial charge < -0.3 is 10.2 Å². The smallest absolute Gasteiger partial charge is 0.264 e. The lowest BCUT2D eigenvalue weighted by Gasteiger charge is -2.30. The van der Waals surface area contributed by atoms with Crippen LogP contribution in [0.25, 0.3) is 0 Å². The van der Waals surface area contributed by atoms with E-state index in [1.807, 2.05) is 13.0 Å². The van der Waals surface area contributed by atoms with E-state index >= 15 is 0 Å². The molecular weight excluding hydrogens is 336 g/mol. The molecule has 0 spiro atoms. The lowest BCUT2D eigenvalue weighted by molar-refractivity contribution is 0.0723. The third-order valence-electron chi connectivity index (χ3n) is 4.15. The molecule has 5 heteroatoms. The molecule has 1 N–H and O–H groups in total. The number of nitrogens with zero attached hydrogens (tertiary/aromatic N) is 1. The van der Waals surface area contributed by atoms with Crippen LogP contribution in [0.15, 0.2) is 9.85 Å². The number of amides is 1. The van der Waals surface area contributed by atoms with Crippen LogP contribution in [-0.4, -0.2) is 36.0 Å². The van der Waals surface area contributed by atoms with Crippen LogP contribution in [0.5, 0.6) is 0 Å². The number of hydrogen-bond acceptors (Lipinski definition) is 3. The predicted molar refractivity (Wildman–Crippen MR) is 86.5 cm³/mol. The van der Waals surface area contributed by atoms with Gasteiger partial charge in [-0.3, -0.25) is 4.79 Å². The van der Waals surface area contributed by atoms with Gasteiger partial charge in [0, 0.05) is 18.6 Å². The highest BCUT2D eigenvalue weighted by Crippen LogP contribution is 2.33. The summed E-state index contributed by atoms with van der Waals surface area (Å²) < 4.78 is 1.08. The Morgan fingerprint density at radius 3 is 2.80 bits per heavy atom. The summed E-state index contributed by atoms with van der Waals surface area (Å²) in [4.78, 5) is 15.7. The summed E-state index contributed by atoms with van der Waals surface area (Å²) in [6.07, 6.45) is 6.09. The van der Waals surface area contributed by atoms with Crippen LogP contribution in [0.2, 0.25) is 0 Å². The normalized spacial score (nSPS) is 22.8. The molecule has 1 aliphatic carbocycles. The maximum atomic E-state index is 12.8. The van der Waals surface area contributed by atoms with Crippen LogP contribution in [0.4, 0.5) is 0 Å². The van der Waals surface area contributed by atoms with Gasteiger partial charge in [-0.1, -0.05) is 6.42 Å². The molecule has 1 saturated carbocycles. The minimum absolute atomic E-state index is 0.221. The highest BCUT2D eigenvalue weighted by Gasteiger charge is 2.35. The molecule has 3 rings (SSSR count). The Kier molecular flexibility index (Phi) is 4.48. The first-order valence-corrected chi connectivity index (χ1v) is 9.06. The third-order valence-corrected chi connectivity index (χ3v) is 6.27. The molecular formula is C15H21BrN2OS. The summed E-state index contributed by atoms with van der Waals surface area (Å²) in [7, 11) is 0. The lowest BCUT2D eigenvalue weighted by atomic mass is 10.0. The Morgan fingerprint density at radius 1 is 1.45 bits per heavy atom. The van der Waals surface area contributed by atoms with Crippen molar-refractivity contribution >= 4 is 33.2 Å². The van der Waals surface area contributed by atoms with Crippen LogP contribution in [0.1, 0.15) is 47.3 Å². The second-order valence-corrected chi connectivity index (χ2v) is 8.27. The van der Waals surface area contributed by atoms with E-state index in [2.05, 4.69) is 26.1 Å². The zero-order chi connectivity index (χ0) is 14.1. The Balaban J connectivity index is 1.71. The van der Waals surface area contributed by atoms with E-state index in [0.29, 0.717) is 12.1 Å². The van der Waals surface area contributed by atoms with Crippen LogP contribution in [0, 0.1) is 6.92 Å². The van der Waals surface area contributed by atoms with E-state index in [1.165, 1.54) is 32.1 Å². The van der Waals surface area contributed by atoms with Gasteiger partial charge >= 0.3 is 0 Å². The molecule has 2 heterocycles. The molecule has 0 bridgehead atoms. The van der Waals surface area contributed by atoms with Crippen LogP contribution < -0.4 is 5.32 Å². The van der Waals surface area contributed by atoms with E-state index in [0.717, 1.165) is 27.3 Å². The Bertz CT molecular complexity index is 473. The summed E-state index contributed by atoms with van der Waals surface area (Å²) in [5, 5.41) is 3.56. The van der Waals surface area contributed by atoms with Crippen molar-refractivity contribution in [1.82, 2.24) is 10.2 Å². The minimum Gasteiger partial charge on any atom is -0.333 e.